The molecule has 0 radical (unpaired) electrons. The van der Waals surface area contributed by atoms with Crippen molar-refractivity contribution in [3.05, 3.63) is 60.2 Å². The predicted octanol–water partition coefficient (Wildman–Crippen LogP) is 1.74. The molecule has 0 aliphatic carbocycles. The lowest BCUT2D eigenvalue weighted by Crippen LogP contribution is -2.18. The fraction of sp³-hybridized carbons (Fsp3) is 0. The summed E-state index contributed by atoms with van der Waals surface area (Å²) in [7, 11) is 0. The van der Waals surface area contributed by atoms with Gasteiger partial charge in [-0.2, -0.15) is 14.9 Å². The van der Waals surface area contributed by atoms with Crippen LogP contribution in [0.2, 0.25) is 5.02 Å². The average Bonchev–Trinajstić information content (AvgIpc) is 2.39. The fourth-order valence-corrected chi connectivity index (χ4v) is 1.70. The number of hydrogen-bond acceptors (Lipinski definition) is 6. The van der Waals surface area contributed by atoms with Crippen molar-refractivity contribution in [1.82, 2.24) is 14.9 Å². The summed E-state index contributed by atoms with van der Waals surface area (Å²) in [6.45, 7) is 0. The molecule has 1 aromatic carbocycles. The molecule has 0 saturated heterocycles. The number of nitrogens with one attached hydrogen (secondary N) is 1. The number of halogens is 1. The van der Waals surface area contributed by atoms with E-state index in [4.69, 9.17) is 23.8 Å². The molecule has 10 heteroatoms. The van der Waals surface area contributed by atoms with Gasteiger partial charge in [0.2, 0.25) is 4.77 Å². The Kier molecular flexibility index (Phi) is 4.01. The van der Waals surface area contributed by atoms with Crippen molar-refractivity contribution in [3.63, 3.8) is 0 Å². The van der Waals surface area contributed by atoms with Crippen LogP contribution in [0.25, 0.3) is 0 Å². The molecule has 0 atom stereocenters. The van der Waals surface area contributed by atoms with Gasteiger partial charge in [0.15, 0.2) is 0 Å². The van der Waals surface area contributed by atoms with Crippen LogP contribution in [0.1, 0.15) is 5.56 Å². The first-order valence-corrected chi connectivity index (χ1v) is 5.92. The lowest BCUT2D eigenvalue weighted by atomic mass is 10.2. The van der Waals surface area contributed by atoms with Crippen molar-refractivity contribution in [2.75, 3.05) is 0 Å². The van der Waals surface area contributed by atoms with Gasteiger partial charge in [-0.25, -0.2) is 0 Å². The van der Waals surface area contributed by atoms with Gasteiger partial charge in [0.1, 0.15) is 11.2 Å². The molecule has 1 N–H and O–H groups in total. The summed E-state index contributed by atoms with van der Waals surface area (Å²) in [4.78, 5) is 21.6. The second kappa shape index (κ2) is 5.72. The van der Waals surface area contributed by atoms with Gasteiger partial charge in [-0.1, -0.05) is 17.7 Å². The summed E-state index contributed by atoms with van der Waals surface area (Å²) < 4.78 is 0.917. The Labute approximate surface area is 121 Å². The molecule has 1 aromatic heterocycles. The molecular weight excluding hydrogens is 306 g/mol. The van der Waals surface area contributed by atoms with E-state index < -0.39 is 10.5 Å². The molecule has 0 aliphatic rings. The average molecular weight is 312 g/mol. The second-order valence-electron chi connectivity index (χ2n) is 3.54. The summed E-state index contributed by atoms with van der Waals surface area (Å²) in [5.41, 5.74) is -0.365. The SMILES string of the molecule is O=c1cn[nH]c(=S)n1/N=C\c1ccc(Cl)c([N+](=O)[O-])c1. The van der Waals surface area contributed by atoms with Crippen molar-refractivity contribution in [1.29, 1.82) is 0 Å². The molecule has 0 spiro atoms. The number of nitro groups is 1. The first-order valence-electron chi connectivity index (χ1n) is 5.14. The maximum atomic E-state index is 11.5. The van der Waals surface area contributed by atoms with Gasteiger partial charge in [0.25, 0.3) is 11.2 Å². The van der Waals surface area contributed by atoms with E-state index in [-0.39, 0.29) is 15.5 Å². The largest absolute Gasteiger partial charge is 0.293 e. The topological polar surface area (TPSA) is 106 Å². The van der Waals surface area contributed by atoms with Crippen molar-refractivity contribution in [2.45, 2.75) is 0 Å². The zero-order chi connectivity index (χ0) is 14.7. The van der Waals surface area contributed by atoms with Crippen LogP contribution in [-0.4, -0.2) is 26.0 Å². The van der Waals surface area contributed by atoms with E-state index in [0.717, 1.165) is 10.9 Å². The molecule has 2 aromatic rings. The minimum atomic E-state index is -0.607. The van der Waals surface area contributed by atoms with Crippen LogP contribution in [0.3, 0.4) is 0 Å². The highest BCUT2D eigenvalue weighted by Crippen LogP contribution is 2.24. The minimum absolute atomic E-state index is 0.0113. The zero-order valence-electron chi connectivity index (χ0n) is 9.69. The molecule has 0 amide bonds. The van der Waals surface area contributed by atoms with E-state index >= 15 is 0 Å². The van der Waals surface area contributed by atoms with E-state index in [2.05, 4.69) is 15.3 Å². The highest BCUT2D eigenvalue weighted by atomic mass is 35.5. The van der Waals surface area contributed by atoms with Crippen LogP contribution in [0, 0.1) is 14.9 Å². The lowest BCUT2D eigenvalue weighted by Gasteiger charge is -1.98. The summed E-state index contributed by atoms with van der Waals surface area (Å²) in [6.07, 6.45) is 2.27. The van der Waals surface area contributed by atoms with Crippen LogP contribution in [0.5, 0.6) is 0 Å². The molecule has 0 fully saturated rings. The molecule has 0 unspecified atom stereocenters. The Hall–Kier alpha value is -2.39. The van der Waals surface area contributed by atoms with Crippen molar-refractivity contribution < 1.29 is 4.92 Å². The van der Waals surface area contributed by atoms with Crippen LogP contribution in [0.15, 0.2) is 34.3 Å². The van der Waals surface area contributed by atoms with Crippen LogP contribution >= 0.6 is 23.8 Å². The summed E-state index contributed by atoms with van der Waals surface area (Å²) in [5.74, 6) is 0. The number of nitrogens with zero attached hydrogens (tertiary/aromatic N) is 4. The Bertz CT molecular complexity index is 785. The number of H-pyrrole nitrogens is 1. The first kappa shape index (κ1) is 14.0. The Morgan fingerprint density at radius 3 is 2.95 bits per heavy atom. The molecule has 1 heterocycles. The highest BCUT2D eigenvalue weighted by Gasteiger charge is 2.11. The summed E-state index contributed by atoms with van der Waals surface area (Å²) in [5, 5.41) is 20.5. The number of hydrogen-bond donors (Lipinski definition) is 1. The summed E-state index contributed by atoms with van der Waals surface area (Å²) in [6, 6.07) is 4.14. The van der Waals surface area contributed by atoms with Gasteiger partial charge in [-0.05, 0) is 18.3 Å². The molecule has 0 aliphatic heterocycles. The van der Waals surface area contributed by atoms with Crippen LogP contribution < -0.4 is 5.56 Å². The highest BCUT2D eigenvalue weighted by molar-refractivity contribution is 7.71. The van der Waals surface area contributed by atoms with E-state index in [0.29, 0.717) is 5.56 Å². The number of benzene rings is 1. The van der Waals surface area contributed by atoms with Gasteiger partial charge in [0, 0.05) is 11.6 Å². The second-order valence-corrected chi connectivity index (χ2v) is 4.33. The van der Waals surface area contributed by atoms with Crippen molar-refractivity contribution >= 4 is 35.7 Å². The molecule has 0 saturated carbocycles. The third-order valence-electron chi connectivity index (χ3n) is 2.23. The molecule has 8 nitrogen and oxygen atoms in total. The number of aromatic amines is 1. The fourth-order valence-electron chi connectivity index (χ4n) is 1.33. The molecule has 102 valence electrons. The maximum absolute atomic E-state index is 11.5. The maximum Gasteiger partial charge on any atom is 0.293 e. The third-order valence-corrected chi connectivity index (χ3v) is 2.81. The smallest absolute Gasteiger partial charge is 0.265 e. The normalized spacial score (nSPS) is 10.8. The molecular formula is C10H6ClN5O3S. The Balaban J connectivity index is 2.42. The molecule has 2 rings (SSSR count). The number of rotatable bonds is 3. The van der Waals surface area contributed by atoms with Crippen LogP contribution in [0.4, 0.5) is 5.69 Å². The third kappa shape index (κ3) is 2.95. The van der Waals surface area contributed by atoms with E-state index in [1.165, 1.54) is 24.4 Å². The Morgan fingerprint density at radius 2 is 2.30 bits per heavy atom. The van der Waals surface area contributed by atoms with Crippen LogP contribution in [-0.2, 0) is 0 Å². The van der Waals surface area contributed by atoms with E-state index in [1.807, 2.05) is 0 Å². The first-order chi connectivity index (χ1) is 9.49. The van der Waals surface area contributed by atoms with Gasteiger partial charge in [-0.3, -0.25) is 20.0 Å². The minimum Gasteiger partial charge on any atom is -0.265 e. The van der Waals surface area contributed by atoms with E-state index in [1.54, 1.807) is 0 Å². The Morgan fingerprint density at radius 1 is 1.55 bits per heavy atom. The summed E-state index contributed by atoms with van der Waals surface area (Å²) >= 11 is 10.5. The lowest BCUT2D eigenvalue weighted by molar-refractivity contribution is -0.384. The van der Waals surface area contributed by atoms with Gasteiger partial charge >= 0.3 is 0 Å². The molecule has 20 heavy (non-hydrogen) atoms. The molecule has 0 bridgehead atoms. The van der Waals surface area contributed by atoms with Crippen molar-refractivity contribution in [3.8, 4) is 0 Å². The monoisotopic (exact) mass is 311 g/mol. The van der Waals surface area contributed by atoms with Gasteiger partial charge in [0.05, 0.1) is 11.1 Å². The number of aromatic nitrogens is 3. The van der Waals surface area contributed by atoms with Crippen molar-refractivity contribution in [2.24, 2.45) is 5.10 Å². The zero-order valence-corrected chi connectivity index (χ0v) is 11.3. The van der Waals surface area contributed by atoms with Gasteiger partial charge in [-0.15, -0.1) is 0 Å². The van der Waals surface area contributed by atoms with Gasteiger partial charge < -0.3 is 0 Å². The predicted molar refractivity (Wildman–Crippen MR) is 74.8 cm³/mol. The van der Waals surface area contributed by atoms with E-state index in [9.17, 15) is 14.9 Å². The standard InChI is InChI=1S/C10H6ClN5O3S/c11-7-2-1-6(3-8(7)16(18)19)4-13-15-9(17)5-12-14-10(15)20/h1-5H,(H,14,20)/b13-4-. The number of nitro benzene ring substituents is 1. The quantitative estimate of drug-likeness (QED) is 0.402.